The van der Waals surface area contributed by atoms with Crippen molar-refractivity contribution in [2.24, 2.45) is 11.8 Å². The van der Waals surface area contributed by atoms with Crippen molar-refractivity contribution in [3.63, 3.8) is 0 Å². The Morgan fingerprint density at radius 2 is 1.90 bits per heavy atom. The molecule has 0 aromatic carbocycles. The topological polar surface area (TPSA) is 32.3 Å². The van der Waals surface area contributed by atoms with E-state index in [1.54, 1.807) is 0 Å². The summed E-state index contributed by atoms with van der Waals surface area (Å²) in [4.78, 5) is 0. The van der Waals surface area contributed by atoms with Gasteiger partial charge in [-0.2, -0.15) is 0 Å². The lowest BCUT2D eigenvalue weighted by atomic mass is 9.80. The minimum atomic E-state index is 0.00106. The summed E-state index contributed by atoms with van der Waals surface area (Å²) in [5.41, 5.74) is 0. The molecular weight excluding hydrogens is 126 g/mol. The summed E-state index contributed by atoms with van der Waals surface area (Å²) < 4.78 is 0. The second-order valence-corrected chi connectivity index (χ2v) is 3.65. The Bertz CT molecular complexity index is 126. The summed E-state index contributed by atoms with van der Waals surface area (Å²) in [5.74, 6) is 1.66. The molecule has 1 saturated carbocycles. The predicted octanol–water partition coefficient (Wildman–Crippen LogP) is 0.367. The SMILES string of the molecule is O[C@H]1CC[C@@H]2CNC[C@@H]2C1. The van der Waals surface area contributed by atoms with Crippen LogP contribution in [0.4, 0.5) is 0 Å². The van der Waals surface area contributed by atoms with Gasteiger partial charge in [-0.1, -0.05) is 0 Å². The first kappa shape index (κ1) is 6.62. The molecule has 0 amide bonds. The van der Waals surface area contributed by atoms with Gasteiger partial charge in [0.05, 0.1) is 6.10 Å². The van der Waals surface area contributed by atoms with E-state index in [0.29, 0.717) is 0 Å². The van der Waals surface area contributed by atoms with Crippen LogP contribution in [0.3, 0.4) is 0 Å². The van der Waals surface area contributed by atoms with E-state index in [0.717, 1.165) is 31.2 Å². The highest BCUT2D eigenvalue weighted by molar-refractivity contribution is 4.87. The van der Waals surface area contributed by atoms with Crippen molar-refractivity contribution in [3.05, 3.63) is 0 Å². The smallest absolute Gasteiger partial charge is 0.0543 e. The number of hydrogen-bond donors (Lipinski definition) is 2. The lowest BCUT2D eigenvalue weighted by Gasteiger charge is -2.27. The van der Waals surface area contributed by atoms with Gasteiger partial charge in [0.2, 0.25) is 0 Å². The Morgan fingerprint density at radius 3 is 2.80 bits per heavy atom. The highest BCUT2D eigenvalue weighted by Crippen LogP contribution is 2.32. The summed E-state index contributed by atoms with van der Waals surface area (Å²) in [6, 6.07) is 0. The zero-order valence-electron chi connectivity index (χ0n) is 6.21. The molecule has 2 N–H and O–H groups in total. The minimum Gasteiger partial charge on any atom is -0.393 e. The largest absolute Gasteiger partial charge is 0.393 e. The molecule has 0 spiro atoms. The maximum atomic E-state index is 9.33. The Balaban J connectivity index is 1.96. The van der Waals surface area contributed by atoms with E-state index in [4.69, 9.17) is 0 Å². The molecule has 3 atom stereocenters. The maximum absolute atomic E-state index is 9.33. The summed E-state index contributed by atoms with van der Waals surface area (Å²) in [6.07, 6.45) is 3.31. The number of hydrogen-bond acceptors (Lipinski definition) is 2. The number of fused-ring (bicyclic) bond motifs is 1. The van der Waals surface area contributed by atoms with Crippen LogP contribution in [0.5, 0.6) is 0 Å². The van der Waals surface area contributed by atoms with Crippen molar-refractivity contribution in [1.82, 2.24) is 5.32 Å². The summed E-state index contributed by atoms with van der Waals surface area (Å²) in [5, 5.41) is 12.7. The average Bonchev–Trinajstić information content (AvgIpc) is 2.33. The number of aliphatic hydroxyl groups is 1. The third kappa shape index (κ3) is 1.06. The van der Waals surface area contributed by atoms with Crippen molar-refractivity contribution < 1.29 is 5.11 Å². The second-order valence-electron chi connectivity index (χ2n) is 3.65. The van der Waals surface area contributed by atoms with Crippen LogP contribution in [0.25, 0.3) is 0 Å². The van der Waals surface area contributed by atoms with Gasteiger partial charge in [-0.3, -0.25) is 0 Å². The molecule has 2 aliphatic rings. The van der Waals surface area contributed by atoms with Crippen molar-refractivity contribution in [2.45, 2.75) is 25.4 Å². The van der Waals surface area contributed by atoms with Crippen LogP contribution in [-0.4, -0.2) is 24.3 Å². The van der Waals surface area contributed by atoms with Crippen molar-refractivity contribution in [3.8, 4) is 0 Å². The standard InChI is InChI=1S/C8H15NO/c10-8-2-1-6-4-9-5-7(6)3-8/h6-10H,1-5H2/t6-,7+,8+/m1/s1. The molecule has 0 bridgehead atoms. The third-order valence-corrected chi connectivity index (χ3v) is 2.93. The normalized spacial score (nSPS) is 47.1. The van der Waals surface area contributed by atoms with E-state index in [1.807, 2.05) is 0 Å². The van der Waals surface area contributed by atoms with Gasteiger partial charge in [0.15, 0.2) is 0 Å². The lowest BCUT2D eigenvalue weighted by molar-refractivity contribution is 0.0867. The molecule has 1 heterocycles. The predicted molar refractivity (Wildman–Crippen MR) is 39.7 cm³/mol. The number of aliphatic hydroxyl groups excluding tert-OH is 1. The molecular formula is C8H15NO. The molecule has 58 valence electrons. The lowest BCUT2D eigenvalue weighted by Crippen LogP contribution is -2.26. The fourth-order valence-corrected chi connectivity index (χ4v) is 2.27. The van der Waals surface area contributed by atoms with Gasteiger partial charge in [0.25, 0.3) is 0 Å². The second kappa shape index (κ2) is 2.51. The highest BCUT2D eigenvalue weighted by atomic mass is 16.3. The molecule has 2 fully saturated rings. The molecule has 0 unspecified atom stereocenters. The van der Waals surface area contributed by atoms with E-state index in [2.05, 4.69) is 5.32 Å². The van der Waals surface area contributed by atoms with Gasteiger partial charge >= 0.3 is 0 Å². The monoisotopic (exact) mass is 141 g/mol. The molecule has 1 saturated heterocycles. The van der Waals surface area contributed by atoms with Gasteiger partial charge in [-0.25, -0.2) is 0 Å². The van der Waals surface area contributed by atoms with Crippen molar-refractivity contribution >= 4 is 0 Å². The molecule has 2 rings (SSSR count). The zero-order chi connectivity index (χ0) is 6.97. The average molecular weight is 141 g/mol. The molecule has 2 heteroatoms. The van der Waals surface area contributed by atoms with Crippen molar-refractivity contribution in [2.75, 3.05) is 13.1 Å². The molecule has 0 radical (unpaired) electrons. The molecule has 2 nitrogen and oxygen atoms in total. The zero-order valence-corrected chi connectivity index (χ0v) is 6.21. The summed E-state index contributed by atoms with van der Waals surface area (Å²) in [6.45, 7) is 2.33. The van der Waals surface area contributed by atoms with Gasteiger partial charge in [0, 0.05) is 0 Å². The highest BCUT2D eigenvalue weighted by Gasteiger charge is 2.32. The van der Waals surface area contributed by atoms with Gasteiger partial charge in [-0.15, -0.1) is 0 Å². The Labute approximate surface area is 61.6 Å². The van der Waals surface area contributed by atoms with Crippen LogP contribution in [0.2, 0.25) is 0 Å². The van der Waals surface area contributed by atoms with Crippen molar-refractivity contribution in [1.29, 1.82) is 0 Å². The Hall–Kier alpha value is -0.0800. The molecule has 10 heavy (non-hydrogen) atoms. The van der Waals surface area contributed by atoms with Gasteiger partial charge in [-0.05, 0) is 44.2 Å². The molecule has 1 aliphatic heterocycles. The van der Waals surface area contributed by atoms with E-state index >= 15 is 0 Å². The fourth-order valence-electron chi connectivity index (χ4n) is 2.27. The van der Waals surface area contributed by atoms with Gasteiger partial charge < -0.3 is 10.4 Å². The van der Waals surface area contributed by atoms with E-state index in [-0.39, 0.29) is 6.10 Å². The molecule has 0 aromatic rings. The quantitative estimate of drug-likeness (QED) is 0.510. The van der Waals surface area contributed by atoms with Crippen LogP contribution in [0.15, 0.2) is 0 Å². The van der Waals surface area contributed by atoms with Crippen LogP contribution >= 0.6 is 0 Å². The maximum Gasteiger partial charge on any atom is 0.0543 e. The fraction of sp³-hybridized carbons (Fsp3) is 1.00. The minimum absolute atomic E-state index is 0.00106. The van der Waals surface area contributed by atoms with E-state index < -0.39 is 0 Å². The summed E-state index contributed by atoms with van der Waals surface area (Å²) in [7, 11) is 0. The molecule has 1 aliphatic carbocycles. The van der Waals surface area contributed by atoms with Gasteiger partial charge in [0.1, 0.15) is 0 Å². The Kier molecular flexibility index (Phi) is 1.66. The first-order valence-electron chi connectivity index (χ1n) is 4.25. The van der Waals surface area contributed by atoms with E-state index in [9.17, 15) is 5.11 Å². The number of nitrogens with one attached hydrogen (secondary N) is 1. The molecule has 0 aromatic heterocycles. The van der Waals surface area contributed by atoms with E-state index in [1.165, 1.54) is 13.0 Å². The van der Waals surface area contributed by atoms with Crippen LogP contribution < -0.4 is 5.32 Å². The first-order chi connectivity index (χ1) is 4.86. The van der Waals surface area contributed by atoms with Crippen LogP contribution in [0, 0.1) is 11.8 Å². The Morgan fingerprint density at radius 1 is 1.10 bits per heavy atom. The third-order valence-electron chi connectivity index (χ3n) is 2.93. The van der Waals surface area contributed by atoms with Crippen LogP contribution in [0.1, 0.15) is 19.3 Å². The number of rotatable bonds is 0. The first-order valence-corrected chi connectivity index (χ1v) is 4.25. The van der Waals surface area contributed by atoms with Crippen LogP contribution in [-0.2, 0) is 0 Å². The summed E-state index contributed by atoms with van der Waals surface area (Å²) >= 11 is 0.